The van der Waals surface area contributed by atoms with E-state index in [1.807, 2.05) is 0 Å². The topological polar surface area (TPSA) is 99.4 Å². The Kier molecular flexibility index (Phi) is 4.78. The second kappa shape index (κ2) is 6.76. The first kappa shape index (κ1) is 14.9. The number of aromatic nitrogens is 2. The van der Waals surface area contributed by atoms with Crippen molar-refractivity contribution in [3.05, 3.63) is 35.5 Å². The van der Waals surface area contributed by atoms with Gasteiger partial charge >= 0.3 is 0 Å². The van der Waals surface area contributed by atoms with Crippen LogP contribution < -0.4 is 20.5 Å². The molecule has 0 radical (unpaired) electrons. The average molecular weight is 309 g/mol. The molecule has 0 spiro atoms. The molecule has 0 unspecified atom stereocenters. The summed E-state index contributed by atoms with van der Waals surface area (Å²) in [6.45, 7) is -0.192. The van der Waals surface area contributed by atoms with Crippen LogP contribution in [-0.4, -0.2) is 29.6 Å². The summed E-state index contributed by atoms with van der Waals surface area (Å²) in [4.78, 5) is 19.5. The zero-order chi connectivity index (χ0) is 15.2. The molecule has 1 aromatic heterocycles. The lowest BCUT2D eigenvalue weighted by atomic mass is 10.3. The van der Waals surface area contributed by atoms with Crippen LogP contribution in [0, 0.1) is 0 Å². The molecule has 21 heavy (non-hydrogen) atoms. The van der Waals surface area contributed by atoms with E-state index in [4.69, 9.17) is 26.8 Å². The van der Waals surface area contributed by atoms with Crippen molar-refractivity contribution in [1.29, 1.82) is 0 Å². The van der Waals surface area contributed by atoms with E-state index in [1.165, 1.54) is 13.2 Å². The summed E-state index contributed by atoms with van der Waals surface area (Å²) in [7, 11) is 1.44. The van der Waals surface area contributed by atoms with Crippen LogP contribution >= 0.6 is 11.6 Å². The fourth-order valence-electron chi connectivity index (χ4n) is 1.43. The van der Waals surface area contributed by atoms with E-state index in [2.05, 4.69) is 15.3 Å². The molecule has 0 aliphatic rings. The number of halogens is 1. The predicted octanol–water partition coefficient (Wildman–Crippen LogP) is 1.74. The van der Waals surface area contributed by atoms with Crippen molar-refractivity contribution in [1.82, 2.24) is 9.97 Å². The number of methoxy groups -OCH3 is 1. The highest BCUT2D eigenvalue weighted by molar-refractivity contribution is 6.29. The number of nitrogens with two attached hydrogens (primary N) is 1. The highest BCUT2D eigenvalue weighted by Crippen LogP contribution is 2.16. The van der Waals surface area contributed by atoms with Gasteiger partial charge in [-0.15, -0.1) is 0 Å². The van der Waals surface area contributed by atoms with Crippen LogP contribution in [-0.2, 0) is 4.79 Å². The number of carbonyl (C=O) groups is 1. The Morgan fingerprint density at radius 2 is 2.05 bits per heavy atom. The van der Waals surface area contributed by atoms with Crippen molar-refractivity contribution in [2.75, 3.05) is 24.8 Å². The third-order valence-electron chi connectivity index (χ3n) is 2.38. The number of nitrogen functional groups attached to an aromatic ring is 1. The average Bonchev–Trinajstić information content (AvgIpc) is 2.46. The zero-order valence-corrected chi connectivity index (χ0v) is 11.9. The highest BCUT2D eigenvalue weighted by Gasteiger charge is 2.08. The summed E-state index contributed by atoms with van der Waals surface area (Å²) in [6.07, 6.45) is 0. The Labute approximate surface area is 126 Å². The Hall–Kier alpha value is -2.54. The first-order valence-electron chi connectivity index (χ1n) is 5.93. The van der Waals surface area contributed by atoms with Gasteiger partial charge in [-0.25, -0.2) is 4.98 Å². The van der Waals surface area contributed by atoms with E-state index >= 15 is 0 Å². The number of hydrogen-bond donors (Lipinski definition) is 2. The fourth-order valence-corrected chi connectivity index (χ4v) is 1.60. The van der Waals surface area contributed by atoms with Crippen LogP contribution in [0.4, 0.5) is 11.6 Å². The van der Waals surface area contributed by atoms with E-state index < -0.39 is 5.91 Å². The molecule has 0 aliphatic heterocycles. The van der Waals surface area contributed by atoms with E-state index in [-0.39, 0.29) is 23.6 Å². The molecule has 0 aliphatic carbocycles. The summed E-state index contributed by atoms with van der Waals surface area (Å²) in [5.41, 5.74) is 6.17. The number of rotatable bonds is 5. The number of benzene rings is 1. The maximum atomic E-state index is 11.7. The molecular weight excluding hydrogens is 296 g/mol. The molecule has 3 N–H and O–H groups in total. The minimum Gasteiger partial charge on any atom is -0.484 e. The highest BCUT2D eigenvalue weighted by atomic mass is 35.5. The lowest BCUT2D eigenvalue weighted by Crippen LogP contribution is -2.21. The largest absolute Gasteiger partial charge is 0.484 e. The molecule has 7 nitrogen and oxygen atoms in total. The maximum Gasteiger partial charge on any atom is 0.264 e. The molecule has 1 amide bonds. The Morgan fingerprint density at radius 3 is 2.71 bits per heavy atom. The van der Waals surface area contributed by atoms with E-state index in [0.717, 1.165) is 0 Å². The first-order valence-corrected chi connectivity index (χ1v) is 6.31. The number of amides is 1. The van der Waals surface area contributed by atoms with Crippen LogP contribution in [0.2, 0.25) is 5.15 Å². The number of anilines is 2. The molecule has 2 aromatic rings. The number of hydrogen-bond acceptors (Lipinski definition) is 6. The quantitative estimate of drug-likeness (QED) is 0.644. The molecule has 0 saturated heterocycles. The van der Waals surface area contributed by atoms with Gasteiger partial charge in [0.05, 0.1) is 7.11 Å². The van der Waals surface area contributed by atoms with Crippen molar-refractivity contribution in [3.8, 4) is 11.6 Å². The summed E-state index contributed by atoms with van der Waals surface area (Å²) >= 11 is 5.77. The van der Waals surface area contributed by atoms with E-state index in [1.54, 1.807) is 24.3 Å². The monoisotopic (exact) mass is 308 g/mol. The molecule has 2 rings (SSSR count). The molecule has 110 valence electrons. The smallest absolute Gasteiger partial charge is 0.264 e. The lowest BCUT2D eigenvalue weighted by Gasteiger charge is -2.07. The van der Waals surface area contributed by atoms with Gasteiger partial charge in [0.2, 0.25) is 11.8 Å². The molecule has 0 atom stereocenters. The first-order chi connectivity index (χ1) is 10.1. The van der Waals surface area contributed by atoms with Gasteiger partial charge in [0.15, 0.2) is 6.61 Å². The second-order valence-electron chi connectivity index (χ2n) is 3.96. The van der Waals surface area contributed by atoms with Crippen molar-refractivity contribution in [2.24, 2.45) is 0 Å². The minimum absolute atomic E-state index is 0.0465. The standard InChI is InChI=1S/C13H13ClN4O3/c1-20-12-6-10(14)16-13(18-12)17-11(19)7-21-9-4-2-8(15)3-5-9/h2-6H,7,15H2,1H3,(H,16,17,18,19). The second-order valence-corrected chi connectivity index (χ2v) is 4.35. The van der Waals surface area contributed by atoms with Crippen LogP contribution in [0.3, 0.4) is 0 Å². The molecule has 0 bridgehead atoms. The van der Waals surface area contributed by atoms with Crippen LogP contribution in [0.25, 0.3) is 0 Å². The van der Waals surface area contributed by atoms with Gasteiger partial charge in [-0.3, -0.25) is 10.1 Å². The van der Waals surface area contributed by atoms with Crippen molar-refractivity contribution < 1.29 is 14.3 Å². The van der Waals surface area contributed by atoms with Gasteiger partial charge in [-0.1, -0.05) is 11.6 Å². The number of nitrogens with one attached hydrogen (secondary N) is 1. The summed E-state index contributed by atoms with van der Waals surface area (Å²) in [5.74, 6) is 0.412. The molecule has 0 fully saturated rings. The number of carbonyl (C=O) groups excluding carboxylic acids is 1. The van der Waals surface area contributed by atoms with Gasteiger partial charge in [-0.2, -0.15) is 4.98 Å². The minimum atomic E-state index is -0.420. The molecule has 8 heteroatoms. The number of nitrogens with zero attached hydrogens (tertiary/aromatic N) is 2. The van der Waals surface area contributed by atoms with E-state index in [0.29, 0.717) is 11.4 Å². The van der Waals surface area contributed by atoms with Crippen LogP contribution in [0.1, 0.15) is 0 Å². The van der Waals surface area contributed by atoms with Crippen molar-refractivity contribution in [3.63, 3.8) is 0 Å². The lowest BCUT2D eigenvalue weighted by molar-refractivity contribution is -0.118. The normalized spacial score (nSPS) is 10.0. The van der Waals surface area contributed by atoms with Gasteiger partial charge in [-0.05, 0) is 24.3 Å². The van der Waals surface area contributed by atoms with Gasteiger partial charge in [0.1, 0.15) is 10.9 Å². The molecule has 1 aromatic carbocycles. The third kappa shape index (κ3) is 4.50. The Morgan fingerprint density at radius 1 is 1.33 bits per heavy atom. The number of ether oxygens (including phenoxy) is 2. The molecular formula is C13H13ClN4O3. The third-order valence-corrected chi connectivity index (χ3v) is 2.58. The summed E-state index contributed by atoms with van der Waals surface area (Å²) in [5, 5.41) is 2.63. The Balaban J connectivity index is 1.92. The fraction of sp³-hybridized carbons (Fsp3) is 0.154. The van der Waals surface area contributed by atoms with Crippen LogP contribution in [0.15, 0.2) is 30.3 Å². The SMILES string of the molecule is COc1cc(Cl)nc(NC(=O)COc2ccc(N)cc2)n1. The van der Waals surface area contributed by atoms with Crippen LogP contribution in [0.5, 0.6) is 11.6 Å². The van der Waals surface area contributed by atoms with Crippen molar-refractivity contribution in [2.45, 2.75) is 0 Å². The van der Waals surface area contributed by atoms with Gasteiger partial charge < -0.3 is 15.2 Å². The molecule has 1 heterocycles. The predicted molar refractivity (Wildman–Crippen MR) is 78.6 cm³/mol. The Bertz CT molecular complexity index is 634. The van der Waals surface area contributed by atoms with Crippen molar-refractivity contribution >= 4 is 29.1 Å². The summed E-state index contributed by atoms with van der Waals surface area (Å²) < 4.78 is 10.2. The maximum absolute atomic E-state index is 11.7. The molecule has 0 saturated carbocycles. The summed E-state index contributed by atoms with van der Waals surface area (Å²) in [6, 6.07) is 8.13. The van der Waals surface area contributed by atoms with Gasteiger partial charge in [0.25, 0.3) is 5.91 Å². The zero-order valence-electron chi connectivity index (χ0n) is 11.2. The van der Waals surface area contributed by atoms with Gasteiger partial charge in [0, 0.05) is 11.8 Å². The van der Waals surface area contributed by atoms with E-state index in [9.17, 15) is 4.79 Å².